The lowest BCUT2D eigenvalue weighted by Gasteiger charge is -2.14. The SMILES string of the molecule is Cc1cc([N+](=O)[O-])ccc1NC(=S)NC(=O)COc1ccccc1C(C)C. The zero-order valence-corrected chi connectivity index (χ0v) is 16.1. The number of amides is 1. The van der Waals surface area contributed by atoms with Crippen molar-refractivity contribution < 1.29 is 14.5 Å². The van der Waals surface area contributed by atoms with Crippen LogP contribution in [-0.4, -0.2) is 22.5 Å². The second kappa shape index (κ2) is 9.09. The highest BCUT2D eigenvalue weighted by Crippen LogP contribution is 2.25. The van der Waals surface area contributed by atoms with Crippen molar-refractivity contribution in [2.24, 2.45) is 0 Å². The van der Waals surface area contributed by atoms with Crippen LogP contribution in [0.1, 0.15) is 30.9 Å². The first-order valence-electron chi connectivity index (χ1n) is 8.35. The number of nitro benzene ring substituents is 1. The highest BCUT2D eigenvalue weighted by Gasteiger charge is 2.12. The fourth-order valence-electron chi connectivity index (χ4n) is 2.45. The van der Waals surface area contributed by atoms with Gasteiger partial charge in [-0.25, -0.2) is 0 Å². The molecule has 2 aromatic carbocycles. The van der Waals surface area contributed by atoms with Gasteiger partial charge in [-0.3, -0.25) is 20.2 Å². The fourth-order valence-corrected chi connectivity index (χ4v) is 2.67. The molecule has 2 N–H and O–H groups in total. The van der Waals surface area contributed by atoms with Gasteiger partial charge in [0.25, 0.3) is 11.6 Å². The van der Waals surface area contributed by atoms with Gasteiger partial charge in [-0.05, 0) is 48.3 Å². The van der Waals surface area contributed by atoms with Crippen molar-refractivity contribution in [1.82, 2.24) is 5.32 Å². The Kier molecular flexibility index (Phi) is 6.84. The molecular weight excluding hydrogens is 366 g/mol. The molecule has 0 radical (unpaired) electrons. The fraction of sp³-hybridized carbons (Fsp3) is 0.263. The van der Waals surface area contributed by atoms with Gasteiger partial charge in [-0.2, -0.15) is 0 Å². The van der Waals surface area contributed by atoms with Crippen molar-refractivity contribution in [1.29, 1.82) is 0 Å². The molecule has 7 nitrogen and oxygen atoms in total. The first kappa shape index (κ1) is 20.3. The van der Waals surface area contributed by atoms with Crippen molar-refractivity contribution >= 4 is 34.6 Å². The zero-order valence-electron chi connectivity index (χ0n) is 15.3. The van der Waals surface area contributed by atoms with Crippen molar-refractivity contribution in [3.05, 3.63) is 63.7 Å². The summed E-state index contributed by atoms with van der Waals surface area (Å²) in [6, 6.07) is 11.9. The molecule has 8 heteroatoms. The summed E-state index contributed by atoms with van der Waals surface area (Å²) in [6.45, 7) is 5.64. The predicted molar refractivity (Wildman–Crippen MR) is 108 cm³/mol. The molecule has 0 saturated carbocycles. The summed E-state index contributed by atoms with van der Waals surface area (Å²) in [4.78, 5) is 22.4. The van der Waals surface area contributed by atoms with Crippen LogP contribution in [0.5, 0.6) is 5.75 Å². The molecule has 0 aliphatic rings. The van der Waals surface area contributed by atoms with Crippen LogP contribution in [0.4, 0.5) is 11.4 Å². The Morgan fingerprint density at radius 1 is 1.26 bits per heavy atom. The molecule has 0 aromatic heterocycles. The number of carbonyl (C=O) groups excluding carboxylic acids is 1. The quantitative estimate of drug-likeness (QED) is 0.443. The number of hydrogen-bond donors (Lipinski definition) is 2. The second-order valence-corrected chi connectivity index (χ2v) is 6.65. The number of hydrogen-bond acceptors (Lipinski definition) is 5. The molecule has 0 spiro atoms. The molecule has 0 heterocycles. The molecule has 0 atom stereocenters. The summed E-state index contributed by atoms with van der Waals surface area (Å²) in [5, 5.41) is 16.3. The topological polar surface area (TPSA) is 93.5 Å². The molecule has 142 valence electrons. The number of anilines is 1. The van der Waals surface area contributed by atoms with Gasteiger partial charge in [0.2, 0.25) is 0 Å². The van der Waals surface area contributed by atoms with E-state index in [1.807, 2.05) is 38.1 Å². The molecule has 0 fully saturated rings. The summed E-state index contributed by atoms with van der Waals surface area (Å²) < 4.78 is 5.60. The first-order valence-corrected chi connectivity index (χ1v) is 8.76. The molecule has 27 heavy (non-hydrogen) atoms. The molecular formula is C19H21N3O4S. The van der Waals surface area contributed by atoms with Crippen LogP contribution in [0.3, 0.4) is 0 Å². The van der Waals surface area contributed by atoms with Crippen molar-refractivity contribution in [2.45, 2.75) is 26.7 Å². The Labute approximate surface area is 162 Å². The molecule has 0 aliphatic heterocycles. The van der Waals surface area contributed by atoms with Gasteiger partial charge in [0.1, 0.15) is 5.75 Å². The van der Waals surface area contributed by atoms with E-state index in [1.165, 1.54) is 12.1 Å². The maximum absolute atomic E-state index is 12.1. The average Bonchev–Trinajstić information content (AvgIpc) is 2.61. The number of para-hydroxylation sites is 1. The van der Waals surface area contributed by atoms with Crippen molar-refractivity contribution in [3.63, 3.8) is 0 Å². The Hall–Kier alpha value is -3.00. The van der Waals surface area contributed by atoms with E-state index in [0.717, 1.165) is 5.56 Å². The third kappa shape index (κ3) is 5.75. The van der Waals surface area contributed by atoms with E-state index >= 15 is 0 Å². The summed E-state index contributed by atoms with van der Waals surface area (Å²) in [5.74, 6) is 0.537. The number of non-ortho nitro benzene ring substituents is 1. The molecule has 0 unspecified atom stereocenters. The first-order chi connectivity index (χ1) is 12.8. The Bertz CT molecular complexity index is 868. The van der Waals surface area contributed by atoms with E-state index in [2.05, 4.69) is 10.6 Å². The van der Waals surface area contributed by atoms with Crippen molar-refractivity contribution in [2.75, 3.05) is 11.9 Å². The molecule has 2 rings (SSSR count). The van der Waals surface area contributed by atoms with Gasteiger partial charge < -0.3 is 10.1 Å². The van der Waals surface area contributed by atoms with Crippen LogP contribution < -0.4 is 15.4 Å². The number of ether oxygens (including phenoxy) is 1. The number of benzene rings is 2. The third-order valence-electron chi connectivity index (χ3n) is 3.82. The van der Waals surface area contributed by atoms with Crippen LogP contribution in [0.15, 0.2) is 42.5 Å². The van der Waals surface area contributed by atoms with Gasteiger partial charge in [-0.15, -0.1) is 0 Å². The Morgan fingerprint density at radius 3 is 2.59 bits per heavy atom. The maximum atomic E-state index is 12.1. The minimum absolute atomic E-state index is 0.00905. The number of nitrogens with one attached hydrogen (secondary N) is 2. The molecule has 2 aromatic rings. The maximum Gasteiger partial charge on any atom is 0.269 e. The van der Waals surface area contributed by atoms with Crippen molar-refractivity contribution in [3.8, 4) is 5.75 Å². The van der Waals surface area contributed by atoms with Crippen LogP contribution in [-0.2, 0) is 4.79 Å². The predicted octanol–water partition coefficient (Wildman–Crippen LogP) is 3.92. The number of carbonyl (C=O) groups is 1. The highest BCUT2D eigenvalue weighted by molar-refractivity contribution is 7.80. The summed E-state index contributed by atoms with van der Waals surface area (Å²) in [7, 11) is 0. The summed E-state index contributed by atoms with van der Waals surface area (Å²) >= 11 is 5.12. The number of thiocarbonyl (C=S) groups is 1. The van der Waals surface area contributed by atoms with Crippen LogP contribution in [0.2, 0.25) is 0 Å². The number of nitro groups is 1. The van der Waals surface area contributed by atoms with Crippen LogP contribution in [0, 0.1) is 17.0 Å². The lowest BCUT2D eigenvalue weighted by atomic mass is 10.0. The lowest BCUT2D eigenvalue weighted by Crippen LogP contribution is -2.37. The van der Waals surface area contributed by atoms with Gasteiger partial charge in [0, 0.05) is 17.8 Å². The lowest BCUT2D eigenvalue weighted by molar-refractivity contribution is -0.384. The Morgan fingerprint density at radius 2 is 1.96 bits per heavy atom. The molecule has 0 aliphatic carbocycles. The minimum atomic E-state index is -0.469. The van der Waals surface area contributed by atoms with Gasteiger partial charge >= 0.3 is 0 Å². The highest BCUT2D eigenvalue weighted by atomic mass is 32.1. The monoisotopic (exact) mass is 387 g/mol. The van der Waals surface area contributed by atoms with Gasteiger partial charge in [0.15, 0.2) is 11.7 Å². The summed E-state index contributed by atoms with van der Waals surface area (Å²) in [6.07, 6.45) is 0. The van der Waals surface area contributed by atoms with Crippen LogP contribution in [0.25, 0.3) is 0 Å². The zero-order chi connectivity index (χ0) is 20.0. The largest absolute Gasteiger partial charge is 0.483 e. The smallest absolute Gasteiger partial charge is 0.269 e. The van der Waals surface area contributed by atoms with Crippen LogP contribution >= 0.6 is 12.2 Å². The average molecular weight is 387 g/mol. The van der Waals surface area contributed by atoms with Gasteiger partial charge in [-0.1, -0.05) is 32.0 Å². The van der Waals surface area contributed by atoms with Gasteiger partial charge in [0.05, 0.1) is 4.92 Å². The van der Waals surface area contributed by atoms with E-state index in [0.29, 0.717) is 17.0 Å². The van der Waals surface area contributed by atoms with E-state index < -0.39 is 10.8 Å². The minimum Gasteiger partial charge on any atom is -0.483 e. The Balaban J connectivity index is 1.91. The summed E-state index contributed by atoms with van der Waals surface area (Å²) in [5.41, 5.74) is 2.23. The molecule has 1 amide bonds. The third-order valence-corrected chi connectivity index (χ3v) is 4.03. The van der Waals surface area contributed by atoms with E-state index in [9.17, 15) is 14.9 Å². The number of aryl methyl sites for hydroxylation is 1. The van der Waals surface area contributed by atoms with E-state index in [4.69, 9.17) is 17.0 Å². The molecule has 0 saturated heterocycles. The van der Waals surface area contributed by atoms with E-state index in [1.54, 1.807) is 13.0 Å². The normalized spacial score (nSPS) is 10.4. The number of rotatable bonds is 6. The standard InChI is InChI=1S/C19H21N3O4S/c1-12(2)15-6-4-5-7-17(15)26-11-18(23)21-19(27)20-16-9-8-14(22(24)25)10-13(16)3/h4-10,12H,11H2,1-3H3,(H2,20,21,23,27). The molecule has 0 bridgehead atoms. The van der Waals surface area contributed by atoms with E-state index in [-0.39, 0.29) is 23.3 Å². The number of nitrogens with zero attached hydrogens (tertiary/aromatic N) is 1. The second-order valence-electron chi connectivity index (χ2n) is 6.24.